The van der Waals surface area contributed by atoms with Gasteiger partial charge >= 0.3 is 0 Å². The number of likely N-dealkylation sites (tertiary alicyclic amines) is 1. The molecule has 0 spiro atoms. The van der Waals surface area contributed by atoms with Crippen LogP contribution in [0.25, 0.3) is 0 Å². The number of aryl methyl sites for hydroxylation is 1. The molecule has 0 aliphatic carbocycles. The average molecular weight is 285 g/mol. The summed E-state index contributed by atoms with van der Waals surface area (Å²) in [6.45, 7) is 3.76. The van der Waals surface area contributed by atoms with E-state index in [1.54, 1.807) is 11.3 Å². The minimum Gasteiger partial charge on any atom is -0.338 e. The Morgan fingerprint density at radius 2 is 1.85 bits per heavy atom. The van der Waals surface area contributed by atoms with E-state index in [1.807, 2.05) is 23.3 Å². The van der Waals surface area contributed by atoms with Gasteiger partial charge in [-0.2, -0.15) is 0 Å². The topological polar surface area (TPSA) is 20.3 Å². The zero-order chi connectivity index (χ0) is 13.9. The molecular weight excluding hydrogens is 266 g/mol. The van der Waals surface area contributed by atoms with Crippen LogP contribution in [0.5, 0.6) is 0 Å². The van der Waals surface area contributed by atoms with Crippen LogP contribution in [0.15, 0.2) is 41.8 Å². The Hall–Kier alpha value is -1.61. The molecule has 1 amide bonds. The Morgan fingerprint density at radius 3 is 2.45 bits per heavy atom. The molecule has 1 fully saturated rings. The second kappa shape index (κ2) is 5.80. The monoisotopic (exact) mass is 285 g/mol. The van der Waals surface area contributed by atoms with Crippen molar-refractivity contribution in [1.29, 1.82) is 0 Å². The summed E-state index contributed by atoms with van der Waals surface area (Å²) in [5.41, 5.74) is 2.51. The molecule has 2 heterocycles. The normalized spacial score (nSPS) is 16.4. The number of hydrogen-bond donors (Lipinski definition) is 0. The van der Waals surface area contributed by atoms with Gasteiger partial charge in [-0.25, -0.2) is 0 Å². The van der Waals surface area contributed by atoms with Crippen LogP contribution in [0.2, 0.25) is 0 Å². The van der Waals surface area contributed by atoms with Crippen LogP contribution in [0.1, 0.15) is 39.6 Å². The molecule has 0 atom stereocenters. The maximum absolute atomic E-state index is 12.5. The lowest BCUT2D eigenvalue weighted by molar-refractivity contribution is 0.0717. The van der Waals surface area contributed by atoms with Gasteiger partial charge in [0.2, 0.25) is 0 Å². The van der Waals surface area contributed by atoms with Gasteiger partial charge in [-0.3, -0.25) is 4.79 Å². The summed E-state index contributed by atoms with van der Waals surface area (Å²) >= 11 is 1.56. The van der Waals surface area contributed by atoms with Crippen LogP contribution in [0.4, 0.5) is 0 Å². The molecule has 1 aromatic carbocycles. The summed E-state index contributed by atoms with van der Waals surface area (Å²) in [6, 6.07) is 12.7. The smallest absolute Gasteiger partial charge is 0.264 e. The number of rotatable bonds is 2. The zero-order valence-corrected chi connectivity index (χ0v) is 12.5. The van der Waals surface area contributed by atoms with E-state index in [9.17, 15) is 4.79 Å². The second-order valence-electron chi connectivity index (χ2n) is 5.41. The largest absolute Gasteiger partial charge is 0.338 e. The van der Waals surface area contributed by atoms with E-state index in [0.717, 1.165) is 36.4 Å². The Kier molecular flexibility index (Phi) is 3.88. The van der Waals surface area contributed by atoms with Crippen LogP contribution in [0, 0.1) is 6.92 Å². The first kappa shape index (κ1) is 13.4. The van der Waals surface area contributed by atoms with Crippen LogP contribution < -0.4 is 0 Å². The van der Waals surface area contributed by atoms with E-state index >= 15 is 0 Å². The highest BCUT2D eigenvalue weighted by molar-refractivity contribution is 7.12. The number of thiophene rings is 1. The van der Waals surface area contributed by atoms with Crippen molar-refractivity contribution in [3.8, 4) is 0 Å². The SMILES string of the molecule is Cc1ccsc1C(=O)N1CCC(c2ccccc2)CC1. The highest BCUT2D eigenvalue weighted by Gasteiger charge is 2.25. The predicted octanol–water partition coefficient (Wildman–Crippen LogP) is 4.08. The minimum atomic E-state index is 0.212. The summed E-state index contributed by atoms with van der Waals surface area (Å²) in [5.74, 6) is 0.814. The second-order valence-corrected chi connectivity index (χ2v) is 6.33. The molecule has 0 radical (unpaired) electrons. The molecule has 1 aliphatic heterocycles. The van der Waals surface area contributed by atoms with E-state index in [1.165, 1.54) is 5.56 Å². The molecule has 3 rings (SSSR count). The Bertz CT molecular complexity index is 582. The lowest BCUT2D eigenvalue weighted by Crippen LogP contribution is -2.37. The quantitative estimate of drug-likeness (QED) is 0.814. The van der Waals surface area contributed by atoms with Crippen LogP contribution >= 0.6 is 11.3 Å². The minimum absolute atomic E-state index is 0.212. The van der Waals surface area contributed by atoms with Crippen LogP contribution in [-0.4, -0.2) is 23.9 Å². The van der Waals surface area contributed by atoms with Crippen LogP contribution in [-0.2, 0) is 0 Å². The van der Waals surface area contributed by atoms with Gasteiger partial charge in [0.15, 0.2) is 0 Å². The molecule has 20 heavy (non-hydrogen) atoms. The lowest BCUT2D eigenvalue weighted by Gasteiger charge is -2.32. The number of hydrogen-bond acceptors (Lipinski definition) is 2. The van der Waals surface area contributed by atoms with Gasteiger partial charge in [-0.15, -0.1) is 11.3 Å². The standard InChI is InChI=1S/C17H19NOS/c1-13-9-12-20-16(13)17(19)18-10-7-15(8-11-18)14-5-3-2-4-6-14/h2-6,9,12,15H,7-8,10-11H2,1H3. The van der Waals surface area contributed by atoms with E-state index in [4.69, 9.17) is 0 Å². The van der Waals surface area contributed by atoms with Gasteiger partial charge in [0.1, 0.15) is 0 Å². The number of amides is 1. The molecule has 1 saturated heterocycles. The van der Waals surface area contributed by atoms with Crippen molar-refractivity contribution in [2.75, 3.05) is 13.1 Å². The summed E-state index contributed by atoms with van der Waals surface area (Å²) in [7, 11) is 0. The Balaban J connectivity index is 1.64. The van der Waals surface area contributed by atoms with Crippen molar-refractivity contribution in [2.45, 2.75) is 25.7 Å². The summed E-state index contributed by atoms with van der Waals surface area (Å²) in [6.07, 6.45) is 2.14. The number of carbonyl (C=O) groups excluding carboxylic acids is 1. The molecular formula is C17H19NOS. The number of nitrogens with zero attached hydrogens (tertiary/aromatic N) is 1. The van der Waals surface area contributed by atoms with Gasteiger partial charge in [0.05, 0.1) is 4.88 Å². The van der Waals surface area contributed by atoms with Crippen molar-refractivity contribution in [2.24, 2.45) is 0 Å². The summed E-state index contributed by atoms with van der Waals surface area (Å²) in [4.78, 5) is 15.4. The van der Waals surface area contributed by atoms with Crippen LogP contribution in [0.3, 0.4) is 0 Å². The molecule has 104 valence electrons. The number of carbonyl (C=O) groups is 1. The maximum atomic E-state index is 12.5. The fraction of sp³-hybridized carbons (Fsp3) is 0.353. The first-order valence-electron chi connectivity index (χ1n) is 7.14. The molecule has 1 aromatic heterocycles. The fourth-order valence-electron chi connectivity index (χ4n) is 2.88. The van der Waals surface area contributed by atoms with E-state index in [0.29, 0.717) is 5.92 Å². The zero-order valence-electron chi connectivity index (χ0n) is 11.7. The number of piperidine rings is 1. The Labute approximate surface area is 124 Å². The maximum Gasteiger partial charge on any atom is 0.264 e. The van der Waals surface area contributed by atoms with Gasteiger partial charge < -0.3 is 4.90 Å². The average Bonchev–Trinajstić information content (AvgIpc) is 2.94. The summed E-state index contributed by atoms with van der Waals surface area (Å²) in [5, 5.41) is 2.00. The van der Waals surface area contributed by atoms with Crippen molar-refractivity contribution < 1.29 is 4.79 Å². The predicted molar refractivity (Wildman–Crippen MR) is 83.4 cm³/mol. The van der Waals surface area contributed by atoms with Crippen molar-refractivity contribution in [1.82, 2.24) is 4.90 Å². The fourth-order valence-corrected chi connectivity index (χ4v) is 3.77. The molecule has 2 nitrogen and oxygen atoms in total. The first-order valence-corrected chi connectivity index (χ1v) is 8.02. The van der Waals surface area contributed by atoms with Crippen molar-refractivity contribution in [3.63, 3.8) is 0 Å². The molecule has 0 saturated carbocycles. The van der Waals surface area contributed by atoms with Gasteiger partial charge in [0.25, 0.3) is 5.91 Å². The molecule has 1 aliphatic rings. The molecule has 2 aromatic rings. The van der Waals surface area contributed by atoms with Crippen molar-refractivity contribution >= 4 is 17.2 Å². The highest BCUT2D eigenvalue weighted by Crippen LogP contribution is 2.29. The highest BCUT2D eigenvalue weighted by atomic mass is 32.1. The van der Waals surface area contributed by atoms with Gasteiger partial charge in [-0.1, -0.05) is 30.3 Å². The van der Waals surface area contributed by atoms with Crippen molar-refractivity contribution in [3.05, 3.63) is 57.8 Å². The van der Waals surface area contributed by atoms with E-state index < -0.39 is 0 Å². The third-order valence-electron chi connectivity index (χ3n) is 4.11. The lowest BCUT2D eigenvalue weighted by atomic mass is 9.89. The molecule has 0 N–H and O–H groups in total. The molecule has 3 heteroatoms. The third kappa shape index (κ3) is 2.63. The number of benzene rings is 1. The molecule has 0 unspecified atom stereocenters. The molecule has 0 bridgehead atoms. The first-order chi connectivity index (χ1) is 9.75. The van der Waals surface area contributed by atoms with E-state index in [2.05, 4.69) is 30.3 Å². The van der Waals surface area contributed by atoms with Gasteiger partial charge in [-0.05, 0) is 48.3 Å². The summed E-state index contributed by atoms with van der Waals surface area (Å²) < 4.78 is 0. The Morgan fingerprint density at radius 1 is 1.15 bits per heavy atom. The van der Waals surface area contributed by atoms with E-state index in [-0.39, 0.29) is 5.91 Å². The third-order valence-corrected chi connectivity index (χ3v) is 5.11. The van der Waals surface area contributed by atoms with Gasteiger partial charge in [0, 0.05) is 13.1 Å².